The van der Waals surface area contributed by atoms with Gasteiger partial charge in [-0.2, -0.15) is 0 Å². The molecular weight excluding hydrogens is 480 g/mol. The molecule has 0 bridgehead atoms. The fraction of sp³-hybridized carbons (Fsp3) is 0.333. The van der Waals surface area contributed by atoms with Crippen LogP contribution >= 0.6 is 11.6 Å². The molecule has 2 fully saturated rings. The van der Waals surface area contributed by atoms with Gasteiger partial charge in [0.25, 0.3) is 0 Å². The molecule has 5 aromatic rings. The van der Waals surface area contributed by atoms with Crippen molar-refractivity contribution in [3.8, 4) is 22.4 Å². The monoisotopic (exact) mass is 510 g/mol. The standard InChI is InChI=1S/C30H31ClN6/c1-16-9-25(32-14-16)29-34-23-8-7-21(13-24(23)35-29)19-3-4-20-12-22(6-5-18(20)11-19)27-28(31)37-30(36-27)26-10-17(2)15-33-26/h3-8,11-13,16-17,25-26,32-33H,9-10,14-15H2,1-2H3,(H,34,35)(H,36,37)/t16-,17-,25+,26+/m1/s1. The Labute approximate surface area is 221 Å². The van der Waals surface area contributed by atoms with E-state index in [1.807, 2.05) is 0 Å². The van der Waals surface area contributed by atoms with Crippen molar-refractivity contribution >= 4 is 33.4 Å². The molecule has 4 atom stereocenters. The molecule has 2 aliphatic heterocycles. The molecule has 188 valence electrons. The van der Waals surface area contributed by atoms with Crippen LogP contribution in [0.15, 0.2) is 54.6 Å². The largest absolute Gasteiger partial charge is 0.341 e. The molecule has 0 saturated carbocycles. The second-order valence-corrected chi connectivity index (χ2v) is 11.4. The Balaban J connectivity index is 1.17. The number of hydrogen-bond donors (Lipinski definition) is 4. The number of rotatable bonds is 4. The van der Waals surface area contributed by atoms with E-state index < -0.39 is 0 Å². The molecule has 7 heteroatoms. The second kappa shape index (κ2) is 8.98. The second-order valence-electron chi connectivity index (χ2n) is 11.0. The molecule has 6 nitrogen and oxygen atoms in total. The van der Waals surface area contributed by atoms with Crippen molar-refractivity contribution in [3.05, 3.63) is 71.4 Å². The molecular formula is C30H31ClN6. The highest BCUT2D eigenvalue weighted by Gasteiger charge is 2.26. The third kappa shape index (κ3) is 4.23. The number of benzene rings is 3. The SMILES string of the molecule is C[C@H]1CN[C@H](c2nc(-c3ccc4cc(-c5ccc6nc([C@@H]7C[C@@H](C)CN7)[nH]c6c5)ccc4c3)c(Cl)[nH]2)C1. The molecule has 0 aliphatic carbocycles. The zero-order valence-electron chi connectivity index (χ0n) is 21.1. The summed E-state index contributed by atoms with van der Waals surface area (Å²) < 4.78 is 0. The maximum atomic E-state index is 6.59. The average Bonchev–Trinajstić information content (AvgIpc) is 3.69. The number of H-pyrrole nitrogens is 2. The van der Waals surface area contributed by atoms with E-state index in [2.05, 4.69) is 89.0 Å². The maximum absolute atomic E-state index is 6.59. The molecule has 4 heterocycles. The average molecular weight is 511 g/mol. The van der Waals surface area contributed by atoms with Gasteiger partial charge in [-0.1, -0.05) is 55.8 Å². The summed E-state index contributed by atoms with van der Waals surface area (Å²) in [6.07, 6.45) is 2.20. The van der Waals surface area contributed by atoms with Crippen molar-refractivity contribution in [1.82, 2.24) is 30.6 Å². The summed E-state index contributed by atoms with van der Waals surface area (Å²) in [5.74, 6) is 3.30. The van der Waals surface area contributed by atoms with Crippen molar-refractivity contribution in [2.24, 2.45) is 11.8 Å². The number of imidazole rings is 2. The van der Waals surface area contributed by atoms with Gasteiger partial charge in [0, 0.05) is 5.56 Å². The number of nitrogens with zero attached hydrogens (tertiary/aromatic N) is 2. The molecule has 0 spiro atoms. The van der Waals surface area contributed by atoms with E-state index in [0.717, 1.165) is 59.9 Å². The fourth-order valence-corrected chi connectivity index (χ4v) is 6.16. The zero-order chi connectivity index (χ0) is 25.1. The lowest BCUT2D eigenvalue weighted by molar-refractivity contribution is 0.588. The van der Waals surface area contributed by atoms with Crippen LogP contribution in [0.1, 0.15) is 50.4 Å². The van der Waals surface area contributed by atoms with Gasteiger partial charge in [-0.15, -0.1) is 0 Å². The third-order valence-electron chi connectivity index (χ3n) is 7.99. The number of aromatic amines is 2. The van der Waals surface area contributed by atoms with Crippen LogP contribution in [-0.4, -0.2) is 33.0 Å². The normalized spacial score (nSPS) is 24.0. The molecule has 4 N–H and O–H groups in total. The van der Waals surface area contributed by atoms with Crippen LogP contribution in [0.4, 0.5) is 0 Å². The van der Waals surface area contributed by atoms with Gasteiger partial charge in [-0.05, 0) is 83.9 Å². The number of hydrogen-bond acceptors (Lipinski definition) is 4. The zero-order valence-corrected chi connectivity index (χ0v) is 21.9. The highest BCUT2D eigenvalue weighted by atomic mass is 35.5. The Hall–Kier alpha value is -3.19. The van der Waals surface area contributed by atoms with E-state index in [4.69, 9.17) is 21.6 Å². The molecule has 0 radical (unpaired) electrons. The van der Waals surface area contributed by atoms with Crippen LogP contribution in [0.3, 0.4) is 0 Å². The Kier molecular flexibility index (Phi) is 5.57. The minimum absolute atomic E-state index is 0.241. The van der Waals surface area contributed by atoms with Crippen LogP contribution in [-0.2, 0) is 0 Å². The lowest BCUT2D eigenvalue weighted by Gasteiger charge is -2.07. The highest BCUT2D eigenvalue weighted by Crippen LogP contribution is 2.34. The van der Waals surface area contributed by atoms with E-state index in [1.165, 1.54) is 21.9 Å². The van der Waals surface area contributed by atoms with E-state index >= 15 is 0 Å². The third-order valence-corrected chi connectivity index (χ3v) is 8.26. The molecule has 2 aliphatic rings. The van der Waals surface area contributed by atoms with Gasteiger partial charge >= 0.3 is 0 Å². The van der Waals surface area contributed by atoms with Crippen LogP contribution in [0.2, 0.25) is 5.15 Å². The summed E-state index contributed by atoms with van der Waals surface area (Å²) >= 11 is 6.59. The summed E-state index contributed by atoms with van der Waals surface area (Å²) in [6, 6.07) is 20.1. The lowest BCUT2D eigenvalue weighted by Crippen LogP contribution is -2.14. The van der Waals surface area contributed by atoms with E-state index in [-0.39, 0.29) is 6.04 Å². The summed E-state index contributed by atoms with van der Waals surface area (Å²) in [6.45, 7) is 6.61. The molecule has 37 heavy (non-hydrogen) atoms. The predicted octanol–water partition coefficient (Wildman–Crippen LogP) is 6.77. The fourth-order valence-electron chi connectivity index (χ4n) is 5.91. The topological polar surface area (TPSA) is 81.4 Å². The van der Waals surface area contributed by atoms with E-state index in [0.29, 0.717) is 23.0 Å². The van der Waals surface area contributed by atoms with Gasteiger partial charge in [0.1, 0.15) is 22.5 Å². The first-order valence-corrected chi connectivity index (χ1v) is 13.6. The maximum Gasteiger partial charge on any atom is 0.134 e. The van der Waals surface area contributed by atoms with E-state index in [9.17, 15) is 0 Å². The van der Waals surface area contributed by atoms with Gasteiger partial charge in [0.2, 0.25) is 0 Å². The minimum atomic E-state index is 0.241. The summed E-state index contributed by atoms with van der Waals surface area (Å²) in [5.41, 5.74) is 6.31. The van der Waals surface area contributed by atoms with Crippen LogP contribution in [0.5, 0.6) is 0 Å². The van der Waals surface area contributed by atoms with Crippen molar-refractivity contribution in [1.29, 1.82) is 0 Å². The molecule has 0 unspecified atom stereocenters. The number of halogens is 1. The van der Waals surface area contributed by atoms with Gasteiger partial charge in [0.05, 0.1) is 23.1 Å². The van der Waals surface area contributed by atoms with Crippen molar-refractivity contribution in [2.75, 3.05) is 13.1 Å². The number of fused-ring (bicyclic) bond motifs is 2. The first-order chi connectivity index (χ1) is 18.0. The molecule has 2 saturated heterocycles. The first-order valence-electron chi connectivity index (χ1n) is 13.3. The summed E-state index contributed by atoms with van der Waals surface area (Å²) in [5, 5.41) is 10.1. The minimum Gasteiger partial charge on any atom is -0.341 e. The van der Waals surface area contributed by atoms with Crippen LogP contribution in [0, 0.1) is 11.8 Å². The predicted molar refractivity (Wildman–Crippen MR) is 151 cm³/mol. The number of aromatic nitrogens is 4. The first kappa shape index (κ1) is 23.0. The molecule has 7 rings (SSSR count). The Morgan fingerprint density at radius 3 is 1.97 bits per heavy atom. The number of nitrogens with one attached hydrogen (secondary N) is 4. The van der Waals surface area contributed by atoms with Crippen molar-refractivity contribution in [2.45, 2.75) is 38.8 Å². The Morgan fingerprint density at radius 2 is 1.30 bits per heavy atom. The summed E-state index contributed by atoms with van der Waals surface area (Å²) in [4.78, 5) is 16.6. The van der Waals surface area contributed by atoms with Gasteiger partial charge < -0.3 is 20.6 Å². The molecule has 3 aromatic carbocycles. The van der Waals surface area contributed by atoms with Crippen molar-refractivity contribution < 1.29 is 0 Å². The summed E-state index contributed by atoms with van der Waals surface area (Å²) in [7, 11) is 0. The van der Waals surface area contributed by atoms with Gasteiger partial charge in [-0.3, -0.25) is 0 Å². The highest BCUT2D eigenvalue weighted by molar-refractivity contribution is 6.32. The van der Waals surface area contributed by atoms with Crippen molar-refractivity contribution in [3.63, 3.8) is 0 Å². The smallest absolute Gasteiger partial charge is 0.134 e. The van der Waals surface area contributed by atoms with Gasteiger partial charge in [0.15, 0.2) is 0 Å². The lowest BCUT2D eigenvalue weighted by atomic mass is 9.99. The van der Waals surface area contributed by atoms with Crippen LogP contribution in [0.25, 0.3) is 44.2 Å². The van der Waals surface area contributed by atoms with Gasteiger partial charge in [-0.25, -0.2) is 9.97 Å². The quantitative estimate of drug-likeness (QED) is 0.215. The molecule has 0 amide bonds. The Morgan fingerprint density at radius 1 is 0.703 bits per heavy atom. The Bertz CT molecular complexity index is 1620. The van der Waals surface area contributed by atoms with Crippen LogP contribution < -0.4 is 10.6 Å². The van der Waals surface area contributed by atoms with E-state index in [1.54, 1.807) is 0 Å². The molecule has 2 aromatic heterocycles.